The molecule has 0 radical (unpaired) electrons. The molecule has 0 unspecified atom stereocenters. The van der Waals surface area contributed by atoms with Gasteiger partial charge in [-0.05, 0) is 17.5 Å². The van der Waals surface area contributed by atoms with Crippen molar-refractivity contribution >= 4 is 22.1 Å². The van der Waals surface area contributed by atoms with Crippen molar-refractivity contribution in [3.8, 4) is 0 Å². The molecule has 4 heteroatoms. The standard InChI is InChI=1S/C12H10N2O2/c15-14(16)12-10-4-2-1-3-9(10)5-6-11(12)13-7-8-13/h1-6H,7-8H2. The van der Waals surface area contributed by atoms with Crippen molar-refractivity contribution in [1.29, 1.82) is 0 Å². The Morgan fingerprint density at radius 1 is 1.12 bits per heavy atom. The number of nitro benzene ring substituents is 1. The van der Waals surface area contributed by atoms with Gasteiger partial charge in [-0.2, -0.15) is 0 Å². The van der Waals surface area contributed by atoms with E-state index in [1.54, 1.807) is 6.07 Å². The first-order chi connectivity index (χ1) is 7.77. The summed E-state index contributed by atoms with van der Waals surface area (Å²) in [6.45, 7) is 1.83. The quantitative estimate of drug-likeness (QED) is 0.438. The second-order valence-electron chi connectivity index (χ2n) is 3.90. The summed E-state index contributed by atoms with van der Waals surface area (Å²) in [7, 11) is 0. The molecule has 1 heterocycles. The Labute approximate surface area is 92.2 Å². The van der Waals surface area contributed by atoms with E-state index in [1.807, 2.05) is 35.2 Å². The monoisotopic (exact) mass is 214 g/mol. The van der Waals surface area contributed by atoms with Crippen molar-refractivity contribution in [2.24, 2.45) is 0 Å². The summed E-state index contributed by atoms with van der Waals surface area (Å²) in [5, 5.41) is 12.8. The van der Waals surface area contributed by atoms with Gasteiger partial charge in [-0.25, -0.2) is 0 Å². The molecule has 2 aromatic rings. The Hall–Kier alpha value is -2.10. The van der Waals surface area contributed by atoms with E-state index in [2.05, 4.69) is 0 Å². The molecular formula is C12H10N2O2. The van der Waals surface area contributed by atoms with Gasteiger partial charge in [0.05, 0.1) is 10.3 Å². The fraction of sp³-hybridized carbons (Fsp3) is 0.167. The van der Waals surface area contributed by atoms with Gasteiger partial charge in [0.2, 0.25) is 0 Å². The summed E-state index contributed by atoms with van der Waals surface area (Å²) in [4.78, 5) is 12.9. The average Bonchev–Trinajstić information content (AvgIpc) is 3.11. The normalized spacial score (nSPS) is 14.1. The van der Waals surface area contributed by atoms with Gasteiger partial charge in [0.1, 0.15) is 5.69 Å². The average molecular weight is 214 g/mol. The van der Waals surface area contributed by atoms with Gasteiger partial charge >= 0.3 is 0 Å². The van der Waals surface area contributed by atoms with Gasteiger partial charge in [-0.1, -0.05) is 24.3 Å². The van der Waals surface area contributed by atoms with Gasteiger partial charge in [0.25, 0.3) is 5.69 Å². The van der Waals surface area contributed by atoms with Crippen LogP contribution in [0.3, 0.4) is 0 Å². The summed E-state index contributed by atoms with van der Waals surface area (Å²) in [6, 6.07) is 11.2. The molecule has 1 fully saturated rings. The van der Waals surface area contributed by atoms with Crippen LogP contribution in [0.4, 0.5) is 11.4 Å². The molecule has 0 spiro atoms. The molecule has 1 aliphatic heterocycles. The van der Waals surface area contributed by atoms with E-state index in [9.17, 15) is 10.1 Å². The highest BCUT2D eigenvalue weighted by molar-refractivity contribution is 5.97. The van der Waals surface area contributed by atoms with Crippen LogP contribution in [-0.2, 0) is 0 Å². The third-order valence-corrected chi connectivity index (χ3v) is 2.85. The minimum absolute atomic E-state index is 0.232. The summed E-state index contributed by atoms with van der Waals surface area (Å²) >= 11 is 0. The Balaban J connectivity index is 2.35. The van der Waals surface area contributed by atoms with Crippen molar-refractivity contribution in [3.63, 3.8) is 0 Å². The molecule has 3 rings (SSSR count). The third-order valence-electron chi connectivity index (χ3n) is 2.85. The molecular weight excluding hydrogens is 204 g/mol. The predicted molar refractivity (Wildman–Crippen MR) is 62.8 cm³/mol. The molecule has 0 atom stereocenters. The largest absolute Gasteiger partial charge is 0.362 e. The lowest BCUT2D eigenvalue weighted by Gasteiger charge is -2.06. The van der Waals surface area contributed by atoms with E-state index in [1.165, 1.54) is 0 Å². The SMILES string of the molecule is O=[N+]([O-])c1c(N2CC2)ccc2ccccc12. The zero-order valence-electron chi connectivity index (χ0n) is 8.59. The number of nitro groups is 1. The number of anilines is 1. The summed E-state index contributed by atoms with van der Waals surface area (Å²) in [5.74, 6) is 0. The molecule has 2 aromatic carbocycles. The molecule has 0 saturated carbocycles. The van der Waals surface area contributed by atoms with E-state index in [0.717, 1.165) is 29.5 Å². The van der Waals surface area contributed by atoms with Crippen LogP contribution in [0.15, 0.2) is 36.4 Å². The van der Waals surface area contributed by atoms with Gasteiger partial charge in [-0.15, -0.1) is 0 Å². The lowest BCUT2D eigenvalue weighted by Crippen LogP contribution is -1.98. The smallest absolute Gasteiger partial charge is 0.300 e. The van der Waals surface area contributed by atoms with Crippen LogP contribution in [0, 0.1) is 10.1 Å². The molecule has 0 aromatic heterocycles. The van der Waals surface area contributed by atoms with E-state index in [0.29, 0.717) is 0 Å². The Morgan fingerprint density at radius 3 is 2.56 bits per heavy atom. The second kappa shape index (κ2) is 3.20. The fourth-order valence-electron chi connectivity index (χ4n) is 1.98. The van der Waals surface area contributed by atoms with Crippen molar-refractivity contribution in [3.05, 3.63) is 46.5 Å². The number of rotatable bonds is 2. The summed E-state index contributed by atoms with van der Waals surface area (Å²) < 4.78 is 0. The van der Waals surface area contributed by atoms with Gasteiger partial charge in [0, 0.05) is 13.1 Å². The van der Waals surface area contributed by atoms with Gasteiger partial charge in [-0.3, -0.25) is 10.1 Å². The molecule has 0 aliphatic carbocycles. The molecule has 4 nitrogen and oxygen atoms in total. The number of hydrogen-bond donors (Lipinski definition) is 0. The predicted octanol–water partition coefficient (Wildman–Crippen LogP) is 2.57. The van der Waals surface area contributed by atoms with Crippen LogP contribution < -0.4 is 4.90 Å². The van der Waals surface area contributed by atoms with Crippen LogP contribution in [0.5, 0.6) is 0 Å². The van der Waals surface area contributed by atoms with Crippen LogP contribution >= 0.6 is 0 Å². The molecule has 1 aliphatic rings. The zero-order valence-corrected chi connectivity index (χ0v) is 8.59. The lowest BCUT2D eigenvalue weighted by atomic mass is 10.1. The highest BCUT2D eigenvalue weighted by Gasteiger charge is 2.28. The summed E-state index contributed by atoms with van der Waals surface area (Å²) in [6.07, 6.45) is 0. The molecule has 0 N–H and O–H groups in total. The first kappa shape index (κ1) is 9.15. The Morgan fingerprint density at radius 2 is 1.88 bits per heavy atom. The first-order valence-corrected chi connectivity index (χ1v) is 5.18. The van der Waals surface area contributed by atoms with E-state index in [4.69, 9.17) is 0 Å². The van der Waals surface area contributed by atoms with E-state index in [-0.39, 0.29) is 10.6 Å². The highest BCUT2D eigenvalue weighted by Crippen LogP contribution is 2.37. The summed E-state index contributed by atoms with van der Waals surface area (Å²) in [5.41, 5.74) is 0.972. The van der Waals surface area contributed by atoms with Crippen molar-refractivity contribution < 1.29 is 4.92 Å². The maximum atomic E-state index is 11.1. The van der Waals surface area contributed by atoms with Crippen molar-refractivity contribution in [1.82, 2.24) is 0 Å². The first-order valence-electron chi connectivity index (χ1n) is 5.18. The van der Waals surface area contributed by atoms with Crippen molar-refractivity contribution in [2.45, 2.75) is 0 Å². The number of fused-ring (bicyclic) bond motifs is 1. The van der Waals surface area contributed by atoms with Crippen LogP contribution in [0.2, 0.25) is 0 Å². The van der Waals surface area contributed by atoms with Crippen LogP contribution in [-0.4, -0.2) is 18.0 Å². The van der Waals surface area contributed by atoms with E-state index >= 15 is 0 Å². The zero-order chi connectivity index (χ0) is 11.1. The second-order valence-corrected chi connectivity index (χ2v) is 3.90. The van der Waals surface area contributed by atoms with Gasteiger partial charge < -0.3 is 4.90 Å². The minimum Gasteiger partial charge on any atom is -0.362 e. The molecule has 16 heavy (non-hydrogen) atoms. The van der Waals surface area contributed by atoms with Gasteiger partial charge in [0.15, 0.2) is 0 Å². The fourth-order valence-corrected chi connectivity index (χ4v) is 1.98. The maximum Gasteiger partial charge on any atom is 0.300 e. The van der Waals surface area contributed by atoms with Crippen molar-refractivity contribution in [2.75, 3.05) is 18.0 Å². The minimum atomic E-state index is -0.282. The third kappa shape index (κ3) is 1.31. The van der Waals surface area contributed by atoms with E-state index < -0.39 is 0 Å². The lowest BCUT2D eigenvalue weighted by molar-refractivity contribution is -0.382. The van der Waals surface area contributed by atoms with Crippen LogP contribution in [0.25, 0.3) is 10.8 Å². The highest BCUT2D eigenvalue weighted by atomic mass is 16.6. The maximum absolute atomic E-state index is 11.1. The number of hydrogen-bond acceptors (Lipinski definition) is 3. The molecule has 80 valence electrons. The molecule has 0 amide bonds. The number of benzene rings is 2. The molecule has 0 bridgehead atoms. The topological polar surface area (TPSA) is 46.1 Å². The number of nitrogens with zero attached hydrogens (tertiary/aromatic N) is 2. The Bertz CT molecular complexity index is 576. The Kier molecular flexibility index (Phi) is 1.83. The van der Waals surface area contributed by atoms with Crippen LogP contribution in [0.1, 0.15) is 0 Å². The molecule has 1 saturated heterocycles.